The van der Waals surface area contributed by atoms with E-state index in [1.807, 2.05) is 6.07 Å². The number of halogens is 1. The summed E-state index contributed by atoms with van der Waals surface area (Å²) in [6.07, 6.45) is 1.46. The van der Waals surface area contributed by atoms with Gasteiger partial charge in [0.2, 0.25) is 0 Å². The van der Waals surface area contributed by atoms with Crippen LogP contribution in [0.15, 0.2) is 68.9 Å². The molecule has 0 atom stereocenters. The van der Waals surface area contributed by atoms with Crippen molar-refractivity contribution in [1.82, 2.24) is 4.90 Å². The molecule has 35 heavy (non-hydrogen) atoms. The molecule has 180 valence electrons. The lowest BCUT2D eigenvalue weighted by molar-refractivity contribution is -0.121. The summed E-state index contributed by atoms with van der Waals surface area (Å²) in [5, 5.41) is 1.01. The lowest BCUT2D eigenvalue weighted by Crippen LogP contribution is -2.23. The van der Waals surface area contributed by atoms with Gasteiger partial charge >= 0.3 is 5.97 Å². The van der Waals surface area contributed by atoms with E-state index in [2.05, 4.69) is 4.99 Å². The molecule has 0 N–H and O–H groups in total. The molecule has 4 rings (SSSR count). The average molecular weight is 511 g/mol. The smallest absolute Gasteiger partial charge is 0.338 e. The maximum Gasteiger partial charge on any atom is 0.338 e. The van der Waals surface area contributed by atoms with Crippen molar-refractivity contribution in [3.63, 3.8) is 0 Å². The largest absolute Gasteiger partial charge is 0.494 e. The second-order valence-corrected chi connectivity index (χ2v) is 9.37. The molecule has 1 amide bonds. The van der Waals surface area contributed by atoms with E-state index in [0.717, 1.165) is 5.56 Å². The Morgan fingerprint density at radius 3 is 2.71 bits per heavy atom. The standard InChI is InChI=1S/C26H23ClN2O5S/c1-15(2)33-25(31)17-7-5-6-16(12-17)21-11-9-19(34-21)14-23-24(30)29(3)26(35-23)28-20-13-18(27)8-10-22(20)32-4/h5-15H,1-4H3/b23-14+,28-26?. The molecule has 0 saturated carbocycles. The Morgan fingerprint density at radius 1 is 1.17 bits per heavy atom. The minimum atomic E-state index is -0.394. The highest BCUT2D eigenvalue weighted by atomic mass is 35.5. The molecule has 0 unspecified atom stereocenters. The number of nitrogens with zero attached hydrogens (tertiary/aromatic N) is 2. The van der Waals surface area contributed by atoms with Gasteiger partial charge in [-0.2, -0.15) is 0 Å². The highest BCUT2D eigenvalue weighted by Crippen LogP contribution is 2.37. The van der Waals surface area contributed by atoms with Crippen LogP contribution in [0.4, 0.5) is 5.69 Å². The van der Waals surface area contributed by atoms with E-state index in [4.69, 9.17) is 25.5 Å². The minimum absolute atomic E-state index is 0.203. The van der Waals surface area contributed by atoms with Crippen LogP contribution in [0.1, 0.15) is 30.0 Å². The first-order valence-electron chi connectivity index (χ1n) is 10.8. The van der Waals surface area contributed by atoms with E-state index < -0.39 is 5.97 Å². The summed E-state index contributed by atoms with van der Waals surface area (Å²) in [4.78, 5) is 31.5. The molecule has 0 aliphatic carbocycles. The van der Waals surface area contributed by atoms with Crippen LogP contribution in [0.2, 0.25) is 5.02 Å². The zero-order valence-corrected chi connectivity index (χ0v) is 21.1. The number of furan rings is 1. The van der Waals surface area contributed by atoms with Gasteiger partial charge in [-0.1, -0.05) is 23.7 Å². The fourth-order valence-corrected chi connectivity index (χ4v) is 4.43. The van der Waals surface area contributed by atoms with Crippen molar-refractivity contribution in [1.29, 1.82) is 0 Å². The third-order valence-corrected chi connectivity index (χ3v) is 6.28. The lowest BCUT2D eigenvalue weighted by Gasteiger charge is -2.09. The third-order valence-electron chi connectivity index (χ3n) is 4.99. The van der Waals surface area contributed by atoms with Gasteiger partial charge in [0, 0.05) is 23.7 Å². The van der Waals surface area contributed by atoms with E-state index in [1.54, 1.807) is 82.6 Å². The maximum atomic E-state index is 12.8. The number of hydrogen-bond acceptors (Lipinski definition) is 7. The number of amidine groups is 1. The number of esters is 1. The Bertz CT molecular complexity index is 1350. The molecule has 0 bridgehead atoms. The number of hydrogen-bond donors (Lipinski definition) is 0. The number of benzene rings is 2. The molecule has 0 radical (unpaired) electrons. The van der Waals surface area contributed by atoms with Gasteiger partial charge < -0.3 is 13.9 Å². The second-order valence-electron chi connectivity index (χ2n) is 7.92. The molecule has 9 heteroatoms. The van der Waals surface area contributed by atoms with Crippen LogP contribution in [0.3, 0.4) is 0 Å². The van der Waals surface area contributed by atoms with E-state index >= 15 is 0 Å². The van der Waals surface area contributed by atoms with Crippen LogP contribution in [-0.4, -0.2) is 42.2 Å². The van der Waals surface area contributed by atoms with Crippen molar-refractivity contribution in [3.05, 3.63) is 75.8 Å². The van der Waals surface area contributed by atoms with Crippen LogP contribution >= 0.6 is 23.4 Å². The summed E-state index contributed by atoms with van der Waals surface area (Å²) in [6.45, 7) is 3.60. The van der Waals surface area contributed by atoms with E-state index in [0.29, 0.717) is 43.6 Å². The summed E-state index contributed by atoms with van der Waals surface area (Å²) < 4.78 is 16.6. The monoisotopic (exact) mass is 510 g/mol. The van der Waals surface area contributed by atoms with E-state index in [1.165, 1.54) is 16.7 Å². The Balaban J connectivity index is 1.57. The Kier molecular flexibility index (Phi) is 7.33. The summed E-state index contributed by atoms with van der Waals surface area (Å²) in [6, 6.07) is 15.7. The zero-order valence-electron chi connectivity index (χ0n) is 19.6. The summed E-state index contributed by atoms with van der Waals surface area (Å²) >= 11 is 7.33. The first kappa shape index (κ1) is 24.6. The maximum absolute atomic E-state index is 12.8. The van der Waals surface area contributed by atoms with E-state index in [-0.39, 0.29) is 12.0 Å². The molecular formula is C26H23ClN2O5S. The molecule has 1 aliphatic rings. The average Bonchev–Trinajstić information content (AvgIpc) is 3.40. The second kappa shape index (κ2) is 10.4. The third kappa shape index (κ3) is 5.61. The SMILES string of the molecule is COc1ccc(Cl)cc1N=C1S/C(=C/c2ccc(-c3cccc(C(=O)OC(C)C)c3)o2)C(=O)N1C. The highest BCUT2D eigenvalue weighted by molar-refractivity contribution is 8.18. The number of amides is 1. The molecule has 3 aromatic rings. The predicted octanol–water partition coefficient (Wildman–Crippen LogP) is 6.41. The lowest BCUT2D eigenvalue weighted by atomic mass is 10.1. The van der Waals surface area contributed by atoms with Crippen molar-refractivity contribution in [2.24, 2.45) is 4.99 Å². The van der Waals surface area contributed by atoms with Crippen molar-refractivity contribution < 1.29 is 23.5 Å². The topological polar surface area (TPSA) is 81.3 Å². The van der Waals surface area contributed by atoms with Gasteiger partial charge in [-0.15, -0.1) is 0 Å². The van der Waals surface area contributed by atoms with Crippen LogP contribution in [0, 0.1) is 0 Å². The predicted molar refractivity (Wildman–Crippen MR) is 138 cm³/mol. The molecule has 7 nitrogen and oxygen atoms in total. The number of carbonyl (C=O) groups excluding carboxylic acids is 2. The quantitative estimate of drug-likeness (QED) is 0.281. The molecule has 1 fully saturated rings. The van der Waals surface area contributed by atoms with Gasteiger partial charge in [0.05, 0.1) is 23.7 Å². The number of aliphatic imine (C=N–C) groups is 1. The normalized spacial score (nSPS) is 15.9. The number of ether oxygens (including phenoxy) is 2. The van der Waals surface area contributed by atoms with Gasteiger partial charge in [0.25, 0.3) is 5.91 Å². The first-order chi connectivity index (χ1) is 16.7. The molecule has 0 spiro atoms. The number of rotatable bonds is 6. The van der Waals surface area contributed by atoms with Gasteiger partial charge in [-0.25, -0.2) is 9.79 Å². The zero-order chi connectivity index (χ0) is 25.1. The fourth-order valence-electron chi connectivity index (χ4n) is 3.30. The fraction of sp³-hybridized carbons (Fsp3) is 0.192. The van der Waals surface area contributed by atoms with Gasteiger partial charge in [-0.05, 0) is 68.1 Å². The Labute approximate surface area is 212 Å². The van der Waals surface area contributed by atoms with Crippen molar-refractivity contribution in [3.8, 4) is 17.1 Å². The van der Waals surface area contributed by atoms with Crippen LogP contribution < -0.4 is 4.74 Å². The number of thioether (sulfide) groups is 1. The summed E-state index contributed by atoms with van der Waals surface area (Å²) in [7, 11) is 3.20. The highest BCUT2D eigenvalue weighted by Gasteiger charge is 2.31. The van der Waals surface area contributed by atoms with Crippen LogP contribution in [0.5, 0.6) is 5.75 Å². The van der Waals surface area contributed by atoms with Gasteiger partial charge in [0.1, 0.15) is 23.0 Å². The molecule has 2 aromatic carbocycles. The first-order valence-corrected chi connectivity index (χ1v) is 12.0. The Morgan fingerprint density at radius 2 is 1.97 bits per heavy atom. The van der Waals surface area contributed by atoms with Gasteiger partial charge in [-0.3, -0.25) is 9.69 Å². The Hall–Kier alpha value is -3.49. The van der Waals surface area contributed by atoms with Crippen molar-refractivity contribution >= 4 is 52.2 Å². The molecule has 1 aliphatic heterocycles. The van der Waals surface area contributed by atoms with E-state index in [9.17, 15) is 9.59 Å². The summed E-state index contributed by atoms with van der Waals surface area (Å²) in [5.74, 6) is 1.02. The van der Waals surface area contributed by atoms with Gasteiger partial charge in [0.15, 0.2) is 5.17 Å². The number of likely N-dealkylation sites (N-methyl/N-ethyl adjacent to an activating group) is 1. The summed E-state index contributed by atoms with van der Waals surface area (Å²) in [5.41, 5.74) is 1.69. The number of carbonyl (C=O) groups is 2. The minimum Gasteiger partial charge on any atom is -0.494 e. The molecule has 1 aromatic heterocycles. The van der Waals surface area contributed by atoms with Crippen molar-refractivity contribution in [2.75, 3.05) is 14.2 Å². The molecule has 2 heterocycles. The molecular weight excluding hydrogens is 488 g/mol. The van der Waals surface area contributed by atoms with Crippen LogP contribution in [0.25, 0.3) is 17.4 Å². The number of methoxy groups -OCH3 is 1. The molecule has 1 saturated heterocycles. The van der Waals surface area contributed by atoms with Crippen molar-refractivity contribution in [2.45, 2.75) is 20.0 Å². The van der Waals surface area contributed by atoms with Crippen LogP contribution in [-0.2, 0) is 9.53 Å².